The predicted octanol–water partition coefficient (Wildman–Crippen LogP) is 2.45. The predicted molar refractivity (Wildman–Crippen MR) is 112 cm³/mol. The molecule has 1 amide bonds. The summed E-state index contributed by atoms with van der Waals surface area (Å²) in [4.78, 5) is 16.4. The molecule has 0 aliphatic carbocycles. The average Bonchev–Trinajstić information content (AvgIpc) is 2.77. The van der Waals surface area contributed by atoms with E-state index >= 15 is 0 Å². The van der Waals surface area contributed by atoms with Gasteiger partial charge in [0.2, 0.25) is 6.29 Å². The van der Waals surface area contributed by atoms with E-state index in [-0.39, 0.29) is 0 Å². The highest BCUT2D eigenvalue weighted by Crippen LogP contribution is 2.10. The molecule has 30 heavy (non-hydrogen) atoms. The Hall–Kier alpha value is -3.41. The third-order valence-corrected chi connectivity index (χ3v) is 4.00. The van der Waals surface area contributed by atoms with E-state index in [1.807, 2.05) is 60.7 Å². The zero-order chi connectivity index (χ0) is 21.4. The topological polar surface area (TPSA) is 119 Å². The van der Waals surface area contributed by atoms with Crippen LogP contribution in [0.4, 0.5) is 0 Å². The van der Waals surface area contributed by atoms with Gasteiger partial charge in [-0.1, -0.05) is 65.8 Å². The maximum atomic E-state index is 11.0. The summed E-state index contributed by atoms with van der Waals surface area (Å²) in [6.07, 6.45) is 1.76. The van der Waals surface area contributed by atoms with Crippen molar-refractivity contribution < 1.29 is 19.1 Å². The van der Waals surface area contributed by atoms with Gasteiger partial charge in [-0.15, -0.1) is 0 Å². The van der Waals surface area contributed by atoms with Crippen LogP contribution in [0.25, 0.3) is 0 Å². The van der Waals surface area contributed by atoms with E-state index in [2.05, 4.69) is 10.5 Å². The molecule has 3 N–H and O–H groups in total. The number of oxime groups is 1. The molecule has 8 nitrogen and oxygen atoms in total. The zero-order valence-electron chi connectivity index (χ0n) is 16.6. The molecule has 0 saturated carbocycles. The number of nitriles is 1. The smallest absolute Gasteiger partial charge is 0.254 e. The first-order valence-corrected chi connectivity index (χ1v) is 9.59. The number of rotatable bonds is 14. The summed E-state index contributed by atoms with van der Waals surface area (Å²) in [5.41, 5.74) is 7.19. The maximum absolute atomic E-state index is 11.0. The molecule has 2 rings (SSSR count). The normalized spacial score (nSPS) is 12.8. The van der Waals surface area contributed by atoms with Crippen molar-refractivity contribution in [3.05, 3.63) is 71.8 Å². The first-order valence-electron chi connectivity index (χ1n) is 9.59. The van der Waals surface area contributed by atoms with E-state index in [9.17, 15) is 4.79 Å². The summed E-state index contributed by atoms with van der Waals surface area (Å²) >= 11 is 0. The Bertz CT molecular complexity index is 809. The number of amides is 1. The Morgan fingerprint density at radius 3 is 2.33 bits per heavy atom. The second-order valence-electron chi connectivity index (χ2n) is 6.38. The van der Waals surface area contributed by atoms with Crippen LogP contribution >= 0.6 is 0 Å². The van der Waals surface area contributed by atoms with E-state index < -0.39 is 18.2 Å². The highest BCUT2D eigenvalue weighted by atomic mass is 16.8. The van der Waals surface area contributed by atoms with Crippen LogP contribution in [0.5, 0.6) is 0 Å². The molecular weight excluding hydrogens is 384 g/mol. The fraction of sp³-hybridized carbons (Fsp3) is 0.318. The summed E-state index contributed by atoms with van der Waals surface area (Å²) in [6.45, 7) is 1.45. The van der Waals surface area contributed by atoms with Crippen LogP contribution in [0.1, 0.15) is 24.0 Å². The Labute approximate surface area is 176 Å². The lowest BCUT2D eigenvalue weighted by Gasteiger charge is -2.16. The van der Waals surface area contributed by atoms with Gasteiger partial charge in [-0.25, -0.2) is 0 Å². The SMILES string of the molecule is N#CC(NC=NOC(CCCOCc1ccccc1)OCc1ccccc1)C(N)=O. The van der Waals surface area contributed by atoms with Crippen LogP contribution < -0.4 is 11.1 Å². The van der Waals surface area contributed by atoms with Crippen LogP contribution in [0.2, 0.25) is 0 Å². The monoisotopic (exact) mass is 410 g/mol. The van der Waals surface area contributed by atoms with Crippen molar-refractivity contribution >= 4 is 12.2 Å². The summed E-state index contributed by atoms with van der Waals surface area (Å²) in [7, 11) is 0. The largest absolute Gasteiger partial charge is 0.377 e. The van der Waals surface area contributed by atoms with Crippen LogP contribution in [0, 0.1) is 11.3 Å². The summed E-state index contributed by atoms with van der Waals surface area (Å²) in [6, 6.07) is 20.2. The molecule has 2 aromatic rings. The second kappa shape index (κ2) is 13.7. The number of nitrogens with two attached hydrogens (primary N) is 1. The van der Waals surface area contributed by atoms with Gasteiger partial charge in [-0.3, -0.25) is 4.79 Å². The molecule has 0 aromatic heterocycles. The number of benzene rings is 2. The van der Waals surface area contributed by atoms with Gasteiger partial charge in [0.15, 0.2) is 6.04 Å². The van der Waals surface area contributed by atoms with Gasteiger partial charge < -0.3 is 25.4 Å². The molecule has 0 fully saturated rings. The van der Waals surface area contributed by atoms with Crippen molar-refractivity contribution in [2.45, 2.75) is 38.4 Å². The highest BCUT2D eigenvalue weighted by molar-refractivity contribution is 5.85. The summed E-state index contributed by atoms with van der Waals surface area (Å²) < 4.78 is 11.5. The lowest BCUT2D eigenvalue weighted by Crippen LogP contribution is -2.39. The van der Waals surface area contributed by atoms with Crippen molar-refractivity contribution in [2.75, 3.05) is 6.61 Å². The Kier molecular flexibility index (Phi) is 10.5. The molecule has 0 saturated heterocycles. The lowest BCUT2D eigenvalue weighted by atomic mass is 10.2. The van der Waals surface area contributed by atoms with Crippen LogP contribution in [0.3, 0.4) is 0 Å². The van der Waals surface area contributed by atoms with Gasteiger partial charge in [0, 0.05) is 13.0 Å². The van der Waals surface area contributed by atoms with E-state index in [1.165, 1.54) is 0 Å². The highest BCUT2D eigenvalue weighted by Gasteiger charge is 2.12. The fourth-order valence-electron chi connectivity index (χ4n) is 2.43. The molecule has 8 heteroatoms. The van der Waals surface area contributed by atoms with Crippen LogP contribution in [-0.4, -0.2) is 31.2 Å². The van der Waals surface area contributed by atoms with Gasteiger partial charge in [0.05, 0.1) is 19.3 Å². The van der Waals surface area contributed by atoms with E-state index in [0.717, 1.165) is 17.5 Å². The van der Waals surface area contributed by atoms with Gasteiger partial charge >= 0.3 is 0 Å². The summed E-state index contributed by atoms with van der Waals surface area (Å²) in [5.74, 6) is -0.795. The van der Waals surface area contributed by atoms with Crippen LogP contribution in [0.15, 0.2) is 65.8 Å². The minimum atomic E-state index is -1.17. The lowest BCUT2D eigenvalue weighted by molar-refractivity contribution is -0.154. The minimum absolute atomic E-state index is 0.363. The fourth-order valence-corrected chi connectivity index (χ4v) is 2.43. The second-order valence-corrected chi connectivity index (χ2v) is 6.38. The molecule has 0 aliphatic heterocycles. The molecule has 2 unspecified atom stereocenters. The van der Waals surface area contributed by atoms with Crippen molar-refractivity contribution in [1.29, 1.82) is 5.26 Å². The molecule has 158 valence electrons. The van der Waals surface area contributed by atoms with Crippen molar-refractivity contribution in [3.8, 4) is 6.07 Å². The number of ether oxygens (including phenoxy) is 2. The third-order valence-electron chi connectivity index (χ3n) is 4.00. The van der Waals surface area contributed by atoms with Gasteiger partial charge in [0.1, 0.15) is 6.34 Å². The van der Waals surface area contributed by atoms with E-state index in [1.54, 1.807) is 6.07 Å². The Morgan fingerprint density at radius 1 is 1.10 bits per heavy atom. The number of primary amides is 1. The molecule has 2 atom stereocenters. The number of carbonyl (C=O) groups is 1. The Morgan fingerprint density at radius 2 is 1.73 bits per heavy atom. The third kappa shape index (κ3) is 9.19. The molecular formula is C22H26N4O4. The molecule has 0 spiro atoms. The molecule has 0 bridgehead atoms. The summed E-state index contributed by atoms with van der Waals surface area (Å²) in [5, 5.41) is 15.0. The van der Waals surface area contributed by atoms with Crippen LogP contribution in [-0.2, 0) is 32.3 Å². The standard InChI is InChI=1S/C22H26N4O4/c23-14-20(22(24)27)25-17-26-30-21(29-16-19-10-5-2-6-11-19)12-7-13-28-15-18-8-3-1-4-9-18/h1-6,8-11,17,20-21H,7,12-13,15-16H2,(H2,24,27)(H,25,26). The number of hydrogen-bond acceptors (Lipinski definition) is 6. The van der Waals surface area contributed by atoms with Crippen molar-refractivity contribution in [2.24, 2.45) is 10.9 Å². The van der Waals surface area contributed by atoms with Gasteiger partial charge in [-0.05, 0) is 17.5 Å². The maximum Gasteiger partial charge on any atom is 0.254 e. The Balaban J connectivity index is 1.77. The molecule has 2 aromatic carbocycles. The van der Waals surface area contributed by atoms with Gasteiger partial charge in [-0.2, -0.15) is 5.26 Å². The van der Waals surface area contributed by atoms with Gasteiger partial charge in [0.25, 0.3) is 5.91 Å². The zero-order valence-corrected chi connectivity index (χ0v) is 16.6. The number of nitrogens with zero attached hydrogens (tertiary/aromatic N) is 2. The van der Waals surface area contributed by atoms with Crippen molar-refractivity contribution in [3.63, 3.8) is 0 Å². The first-order chi connectivity index (χ1) is 14.7. The first kappa shape index (κ1) is 22.9. The van der Waals surface area contributed by atoms with E-state index in [0.29, 0.717) is 32.7 Å². The number of hydrogen-bond donors (Lipinski definition) is 2. The molecule has 0 aliphatic rings. The average molecular weight is 410 g/mol. The van der Waals surface area contributed by atoms with Crippen molar-refractivity contribution in [1.82, 2.24) is 5.32 Å². The molecule has 0 heterocycles. The molecule has 0 radical (unpaired) electrons. The van der Waals surface area contributed by atoms with E-state index in [4.69, 9.17) is 25.3 Å². The number of nitrogens with one attached hydrogen (secondary N) is 1. The minimum Gasteiger partial charge on any atom is -0.377 e. The number of carbonyl (C=O) groups excluding carboxylic acids is 1. The quantitative estimate of drug-likeness (QED) is 0.162.